The Hall–Kier alpha value is -4.71. The molecule has 0 fully saturated rings. The number of rotatable bonds is 7. The number of hydrogen-bond acceptors (Lipinski definition) is 4. The van der Waals surface area contributed by atoms with Crippen molar-refractivity contribution in [1.29, 1.82) is 0 Å². The summed E-state index contributed by atoms with van der Waals surface area (Å²) in [5, 5.41) is 9.87. The van der Waals surface area contributed by atoms with Gasteiger partial charge in [0.25, 0.3) is 11.8 Å². The molecular formula is C30H24ClF4N5O3. The average Bonchev–Trinajstić information content (AvgIpc) is 3.36. The summed E-state index contributed by atoms with van der Waals surface area (Å²) in [4.78, 5) is 41.4. The van der Waals surface area contributed by atoms with Crippen LogP contribution < -0.4 is 15.5 Å². The highest BCUT2D eigenvalue weighted by Gasteiger charge is 2.46. The fourth-order valence-corrected chi connectivity index (χ4v) is 5.16. The third kappa shape index (κ3) is 5.82. The van der Waals surface area contributed by atoms with Crippen molar-refractivity contribution in [3.63, 3.8) is 0 Å². The van der Waals surface area contributed by atoms with Gasteiger partial charge in [-0.1, -0.05) is 36.4 Å². The third-order valence-corrected chi connectivity index (χ3v) is 7.24. The number of nitrogens with zero attached hydrogens (tertiary/aromatic N) is 3. The number of hydrogen-bond donors (Lipinski definition) is 2. The largest absolute Gasteiger partial charge is 0.416 e. The van der Waals surface area contributed by atoms with Crippen LogP contribution in [-0.4, -0.2) is 46.0 Å². The van der Waals surface area contributed by atoms with Gasteiger partial charge in [-0.05, 0) is 55.0 Å². The van der Waals surface area contributed by atoms with E-state index in [4.69, 9.17) is 11.6 Å². The number of anilines is 2. The van der Waals surface area contributed by atoms with Crippen LogP contribution in [0.1, 0.15) is 39.9 Å². The summed E-state index contributed by atoms with van der Waals surface area (Å²) in [5.74, 6) is -3.77. The van der Waals surface area contributed by atoms with Gasteiger partial charge in [0.15, 0.2) is 5.82 Å². The third-order valence-electron chi connectivity index (χ3n) is 6.99. The number of carbonyl (C=O) groups is 3. The number of aromatic nitrogens is 2. The van der Waals surface area contributed by atoms with Gasteiger partial charge in [0, 0.05) is 23.6 Å². The minimum Gasteiger partial charge on any atom is -0.339 e. The summed E-state index contributed by atoms with van der Waals surface area (Å²) in [7, 11) is 0. The number of para-hydroxylation sites is 1. The maximum absolute atomic E-state index is 14.1. The first-order valence-corrected chi connectivity index (χ1v) is 13.7. The second-order valence-electron chi connectivity index (χ2n) is 9.66. The maximum Gasteiger partial charge on any atom is 0.416 e. The van der Waals surface area contributed by atoms with Gasteiger partial charge >= 0.3 is 6.18 Å². The second kappa shape index (κ2) is 11.9. The van der Waals surface area contributed by atoms with Gasteiger partial charge in [-0.25, -0.2) is 9.07 Å². The van der Waals surface area contributed by atoms with Crippen LogP contribution in [0.2, 0.25) is 0 Å². The molecule has 2 atom stereocenters. The molecule has 0 aliphatic carbocycles. The van der Waals surface area contributed by atoms with Gasteiger partial charge in [0.1, 0.15) is 23.6 Å². The first-order chi connectivity index (χ1) is 20.5. The van der Waals surface area contributed by atoms with Gasteiger partial charge in [-0.3, -0.25) is 19.3 Å². The molecule has 1 aromatic heterocycles. The number of nitrogens with one attached hydrogen (secondary N) is 2. The van der Waals surface area contributed by atoms with E-state index in [2.05, 4.69) is 15.7 Å². The van der Waals surface area contributed by atoms with Crippen LogP contribution in [0.15, 0.2) is 78.9 Å². The molecule has 2 N–H and O–H groups in total. The second-order valence-corrected chi connectivity index (χ2v) is 9.92. The molecule has 4 aromatic rings. The lowest BCUT2D eigenvalue weighted by molar-refractivity contribution is -0.137. The smallest absolute Gasteiger partial charge is 0.339 e. The van der Waals surface area contributed by atoms with Crippen molar-refractivity contribution in [3.05, 3.63) is 107 Å². The Kier molecular flexibility index (Phi) is 8.23. The van der Waals surface area contributed by atoms with E-state index in [9.17, 15) is 31.9 Å². The minimum atomic E-state index is -4.69. The Labute approximate surface area is 248 Å². The topological polar surface area (TPSA) is 96.3 Å². The van der Waals surface area contributed by atoms with Gasteiger partial charge in [-0.15, -0.1) is 16.7 Å². The highest BCUT2D eigenvalue weighted by atomic mass is 35.5. The lowest BCUT2D eigenvalue weighted by Crippen LogP contribution is -2.55. The summed E-state index contributed by atoms with van der Waals surface area (Å²) >= 11 is 5.78. The van der Waals surface area contributed by atoms with Crippen molar-refractivity contribution in [3.8, 4) is 5.69 Å². The molecule has 0 saturated carbocycles. The Bertz CT molecular complexity index is 1680. The van der Waals surface area contributed by atoms with Gasteiger partial charge < -0.3 is 10.6 Å². The zero-order valence-corrected chi connectivity index (χ0v) is 23.3. The molecular weight excluding hydrogens is 590 g/mol. The van der Waals surface area contributed by atoms with Crippen molar-refractivity contribution in [2.24, 2.45) is 0 Å². The summed E-state index contributed by atoms with van der Waals surface area (Å²) in [5.41, 5.74) is -0.0802. The number of benzene rings is 3. The van der Waals surface area contributed by atoms with Crippen molar-refractivity contribution < 1.29 is 31.9 Å². The monoisotopic (exact) mass is 613 g/mol. The first kappa shape index (κ1) is 29.8. The Morgan fingerprint density at radius 2 is 1.70 bits per heavy atom. The first-order valence-electron chi connectivity index (χ1n) is 13.1. The van der Waals surface area contributed by atoms with E-state index < -0.39 is 53.1 Å². The number of halogens is 5. The van der Waals surface area contributed by atoms with Crippen molar-refractivity contribution in [2.75, 3.05) is 22.6 Å². The highest BCUT2D eigenvalue weighted by molar-refractivity contribution is 6.29. The van der Waals surface area contributed by atoms with E-state index in [0.717, 1.165) is 12.1 Å². The number of carbonyl (C=O) groups excluding carboxylic acids is 3. The van der Waals surface area contributed by atoms with Crippen LogP contribution in [0.5, 0.6) is 0 Å². The van der Waals surface area contributed by atoms with Crippen molar-refractivity contribution >= 4 is 41.0 Å². The molecule has 3 amide bonds. The number of likely N-dealkylation sites (N-methyl/N-ethyl adjacent to an activating group) is 1. The molecule has 0 radical (unpaired) electrons. The molecule has 5 rings (SSSR count). The fraction of sp³-hybridized carbons (Fsp3) is 0.200. The summed E-state index contributed by atoms with van der Waals surface area (Å²) in [6.07, 6.45) is -4.69. The molecule has 0 spiro atoms. The molecule has 3 aromatic carbocycles. The maximum atomic E-state index is 14.1. The predicted molar refractivity (Wildman–Crippen MR) is 152 cm³/mol. The lowest BCUT2D eigenvalue weighted by Gasteiger charge is -2.38. The highest BCUT2D eigenvalue weighted by Crippen LogP contribution is 2.45. The molecule has 222 valence electrons. The van der Waals surface area contributed by atoms with Crippen molar-refractivity contribution in [2.45, 2.75) is 25.1 Å². The van der Waals surface area contributed by atoms with Crippen LogP contribution in [0.3, 0.4) is 0 Å². The normalized spacial score (nSPS) is 16.5. The van der Waals surface area contributed by atoms with Crippen LogP contribution in [-0.2, 0) is 15.8 Å². The van der Waals surface area contributed by atoms with Crippen molar-refractivity contribution in [1.82, 2.24) is 15.1 Å². The molecule has 0 unspecified atom stereocenters. The molecule has 1 aliphatic rings. The SMILES string of the molecule is CCN1C(=O)[C@@H](NC(=O)c2cccc(C(F)(F)F)c2)[C@@H](c2ccc(F)cc2)c2c(NC(=O)CCl)nn(-c3ccccc3)c21. The number of fused-ring (bicyclic) bond motifs is 1. The van der Waals surface area contributed by atoms with E-state index in [0.29, 0.717) is 28.7 Å². The lowest BCUT2D eigenvalue weighted by atomic mass is 9.81. The quantitative estimate of drug-likeness (QED) is 0.212. The number of amides is 3. The zero-order chi connectivity index (χ0) is 30.9. The summed E-state index contributed by atoms with van der Waals surface area (Å²) in [6.45, 7) is 1.81. The molecule has 2 heterocycles. The zero-order valence-electron chi connectivity index (χ0n) is 22.5. The molecule has 1 aliphatic heterocycles. The van der Waals surface area contributed by atoms with Gasteiger partial charge in [0.2, 0.25) is 5.91 Å². The van der Waals surface area contributed by atoms with E-state index in [1.165, 1.54) is 39.9 Å². The Morgan fingerprint density at radius 3 is 2.33 bits per heavy atom. The molecule has 43 heavy (non-hydrogen) atoms. The van der Waals surface area contributed by atoms with E-state index in [-0.39, 0.29) is 17.9 Å². The minimum absolute atomic E-state index is 0.0445. The molecule has 8 nitrogen and oxygen atoms in total. The van der Waals surface area contributed by atoms with E-state index in [1.807, 2.05) is 0 Å². The van der Waals surface area contributed by atoms with Crippen LogP contribution in [0.25, 0.3) is 5.69 Å². The summed E-state index contributed by atoms with van der Waals surface area (Å²) < 4.78 is 55.6. The standard InChI is InChI=1S/C30H24ClF4N5O3/c1-2-39-28-24(26(36-22(41)16-31)38-40(28)21-9-4-3-5-10-21)23(17-11-13-20(32)14-12-17)25(29(39)43)37-27(42)18-7-6-8-19(15-18)30(33,34)35/h3-15,23,25H,2,16H2,1H3,(H,37,42)(H,36,38,41)/t23-,25-/m0/s1. The summed E-state index contributed by atoms with van der Waals surface area (Å²) in [6, 6.07) is 16.5. The van der Waals surface area contributed by atoms with Gasteiger partial charge in [-0.2, -0.15) is 13.2 Å². The van der Waals surface area contributed by atoms with Crippen LogP contribution in [0, 0.1) is 5.82 Å². The predicted octanol–water partition coefficient (Wildman–Crippen LogP) is 5.50. The molecule has 0 bridgehead atoms. The van der Waals surface area contributed by atoms with Gasteiger partial charge in [0.05, 0.1) is 11.3 Å². The van der Waals surface area contributed by atoms with E-state index >= 15 is 0 Å². The number of alkyl halides is 4. The molecule has 13 heteroatoms. The fourth-order valence-electron chi connectivity index (χ4n) is 5.10. The Morgan fingerprint density at radius 1 is 1.00 bits per heavy atom. The molecule has 0 saturated heterocycles. The van der Waals surface area contributed by atoms with Crippen LogP contribution in [0.4, 0.5) is 29.2 Å². The van der Waals surface area contributed by atoms with E-state index in [1.54, 1.807) is 37.3 Å². The average molecular weight is 614 g/mol. The Balaban J connectivity index is 1.71. The van der Waals surface area contributed by atoms with Crippen LogP contribution >= 0.6 is 11.6 Å².